The maximum absolute atomic E-state index is 13.4. The van der Waals surface area contributed by atoms with Gasteiger partial charge in [-0.1, -0.05) is 54.6 Å². The van der Waals surface area contributed by atoms with Gasteiger partial charge in [0.25, 0.3) is 5.91 Å². The van der Waals surface area contributed by atoms with Gasteiger partial charge in [-0.2, -0.15) is 0 Å². The lowest BCUT2D eigenvalue weighted by Gasteiger charge is -2.16. The first kappa shape index (κ1) is 25.7. The maximum Gasteiger partial charge on any atom is 0.262 e. The van der Waals surface area contributed by atoms with Gasteiger partial charge in [0, 0.05) is 16.0 Å². The van der Waals surface area contributed by atoms with E-state index in [1.54, 1.807) is 23.5 Å². The van der Waals surface area contributed by atoms with Crippen LogP contribution in [0.4, 0.5) is 10.8 Å². The van der Waals surface area contributed by atoms with Gasteiger partial charge in [-0.25, -0.2) is 4.98 Å². The molecular formula is C29H23N3O3S3. The molecule has 1 atom stereocenters. The van der Waals surface area contributed by atoms with Gasteiger partial charge in [0.2, 0.25) is 5.91 Å². The summed E-state index contributed by atoms with van der Waals surface area (Å²) in [4.78, 5) is 32.2. The number of hydrogen-bond acceptors (Lipinski definition) is 7. The summed E-state index contributed by atoms with van der Waals surface area (Å²) in [6.07, 6.45) is 0. The number of aromatic nitrogens is 1. The number of carbonyl (C=O) groups is 2. The number of hydrogen-bond donors (Lipinski definition) is 2. The lowest BCUT2D eigenvalue weighted by Crippen LogP contribution is -2.20. The van der Waals surface area contributed by atoms with E-state index < -0.39 is 5.25 Å². The van der Waals surface area contributed by atoms with Crippen molar-refractivity contribution in [2.45, 2.75) is 10.1 Å². The summed E-state index contributed by atoms with van der Waals surface area (Å²) in [5.74, 6) is 0.241. The van der Waals surface area contributed by atoms with E-state index in [9.17, 15) is 9.59 Å². The number of nitrogens with one attached hydrogen (secondary N) is 2. The topological polar surface area (TPSA) is 80.3 Å². The molecule has 38 heavy (non-hydrogen) atoms. The number of thiophene rings is 1. The number of benzene rings is 3. The fourth-order valence-corrected chi connectivity index (χ4v) is 6.05. The standard InChI is InChI=1S/C29H23N3O3S3/c33-26(18-35-22-10-5-2-6-11-22)30-21-13-15-23(16-14-21)38-27(20-8-3-1-4-9-20)28(34)32-29-31-24(19-37-29)25-12-7-17-36-25/h1-17,19,27H,18H2,(H,30,33)(H,31,32,34). The zero-order chi connectivity index (χ0) is 26.2. The molecule has 2 amide bonds. The molecule has 0 aliphatic heterocycles. The molecule has 0 aliphatic carbocycles. The van der Waals surface area contributed by atoms with Crippen LogP contribution in [0.1, 0.15) is 10.8 Å². The highest BCUT2D eigenvalue weighted by Gasteiger charge is 2.23. The number of nitrogens with zero attached hydrogens (tertiary/aromatic N) is 1. The Hall–Kier alpha value is -3.92. The minimum atomic E-state index is -0.481. The third-order valence-electron chi connectivity index (χ3n) is 5.35. The number of anilines is 2. The molecular weight excluding hydrogens is 535 g/mol. The van der Waals surface area contributed by atoms with Gasteiger partial charge < -0.3 is 15.4 Å². The summed E-state index contributed by atoms with van der Waals surface area (Å²) in [5, 5.41) is 9.86. The largest absolute Gasteiger partial charge is 0.484 e. The molecule has 0 aliphatic rings. The van der Waals surface area contributed by atoms with Crippen molar-refractivity contribution in [1.29, 1.82) is 0 Å². The molecule has 3 aromatic carbocycles. The van der Waals surface area contributed by atoms with Crippen molar-refractivity contribution in [3.63, 3.8) is 0 Å². The zero-order valence-corrected chi connectivity index (χ0v) is 22.5. The summed E-state index contributed by atoms with van der Waals surface area (Å²) < 4.78 is 5.50. The van der Waals surface area contributed by atoms with E-state index in [1.165, 1.54) is 23.1 Å². The molecule has 9 heteroatoms. The van der Waals surface area contributed by atoms with Crippen LogP contribution in [0, 0.1) is 0 Å². The monoisotopic (exact) mass is 557 g/mol. The number of thioether (sulfide) groups is 1. The Morgan fingerprint density at radius 1 is 0.842 bits per heavy atom. The number of amides is 2. The third kappa shape index (κ3) is 6.89. The lowest BCUT2D eigenvalue weighted by atomic mass is 10.1. The highest BCUT2D eigenvalue weighted by atomic mass is 32.2. The SMILES string of the molecule is O=C(COc1ccccc1)Nc1ccc(SC(C(=O)Nc2nc(-c3cccs3)cs2)c2ccccc2)cc1. The Morgan fingerprint density at radius 2 is 1.58 bits per heavy atom. The van der Waals surface area contributed by atoms with Crippen molar-refractivity contribution < 1.29 is 14.3 Å². The zero-order valence-electron chi connectivity index (χ0n) is 20.1. The highest BCUT2D eigenvalue weighted by Crippen LogP contribution is 2.37. The van der Waals surface area contributed by atoms with Crippen LogP contribution in [0.2, 0.25) is 0 Å². The van der Waals surface area contributed by atoms with Gasteiger partial charge in [0.05, 0.1) is 10.6 Å². The first-order valence-corrected chi connectivity index (χ1v) is 14.4. The summed E-state index contributed by atoms with van der Waals surface area (Å²) in [6, 6.07) is 30.3. The van der Waals surface area contributed by atoms with Gasteiger partial charge in [-0.15, -0.1) is 34.4 Å². The fourth-order valence-electron chi connectivity index (χ4n) is 3.56. The molecule has 6 nitrogen and oxygen atoms in total. The molecule has 2 N–H and O–H groups in total. The quantitative estimate of drug-likeness (QED) is 0.175. The smallest absolute Gasteiger partial charge is 0.262 e. The number of ether oxygens (including phenoxy) is 1. The highest BCUT2D eigenvalue weighted by molar-refractivity contribution is 8.00. The molecule has 0 fully saturated rings. The lowest BCUT2D eigenvalue weighted by molar-refractivity contribution is -0.118. The average Bonchev–Trinajstić information content (AvgIpc) is 3.65. The molecule has 2 heterocycles. The Kier molecular flexibility index (Phi) is 8.49. The number of carbonyl (C=O) groups excluding carboxylic acids is 2. The van der Waals surface area contributed by atoms with E-state index in [-0.39, 0.29) is 18.4 Å². The second kappa shape index (κ2) is 12.6. The molecule has 5 aromatic rings. The third-order valence-corrected chi connectivity index (χ3v) is 8.27. The fraction of sp³-hybridized carbons (Fsp3) is 0.0690. The summed E-state index contributed by atoms with van der Waals surface area (Å²) in [7, 11) is 0. The summed E-state index contributed by atoms with van der Waals surface area (Å²) >= 11 is 4.46. The van der Waals surface area contributed by atoms with E-state index in [1.807, 2.05) is 95.7 Å². The molecule has 0 saturated heterocycles. The Bertz CT molecular complexity index is 1470. The van der Waals surface area contributed by atoms with Crippen molar-refractivity contribution in [3.05, 3.63) is 113 Å². The molecule has 0 radical (unpaired) electrons. The molecule has 5 rings (SSSR count). The van der Waals surface area contributed by atoms with Crippen molar-refractivity contribution in [2.75, 3.05) is 17.2 Å². The van der Waals surface area contributed by atoms with Crippen LogP contribution in [0.25, 0.3) is 10.6 Å². The van der Waals surface area contributed by atoms with Crippen LogP contribution >= 0.6 is 34.4 Å². The molecule has 0 spiro atoms. The molecule has 0 bridgehead atoms. The van der Waals surface area contributed by atoms with E-state index in [4.69, 9.17) is 4.74 Å². The molecule has 1 unspecified atom stereocenters. The van der Waals surface area contributed by atoms with E-state index in [0.717, 1.165) is 21.0 Å². The van der Waals surface area contributed by atoms with Crippen LogP contribution in [0.3, 0.4) is 0 Å². The average molecular weight is 558 g/mol. The van der Waals surface area contributed by atoms with Crippen molar-refractivity contribution in [1.82, 2.24) is 4.98 Å². The van der Waals surface area contributed by atoms with Crippen LogP contribution in [-0.2, 0) is 9.59 Å². The van der Waals surface area contributed by atoms with Crippen molar-refractivity contribution in [3.8, 4) is 16.3 Å². The van der Waals surface area contributed by atoms with Crippen molar-refractivity contribution >= 4 is 57.1 Å². The number of thiazole rings is 1. The van der Waals surface area contributed by atoms with Gasteiger partial charge in [0.1, 0.15) is 11.0 Å². The van der Waals surface area contributed by atoms with Gasteiger partial charge in [0.15, 0.2) is 11.7 Å². The van der Waals surface area contributed by atoms with E-state index >= 15 is 0 Å². The Balaban J connectivity index is 1.23. The molecule has 2 aromatic heterocycles. The van der Waals surface area contributed by atoms with E-state index in [2.05, 4.69) is 15.6 Å². The van der Waals surface area contributed by atoms with Crippen LogP contribution in [-0.4, -0.2) is 23.4 Å². The minimum absolute atomic E-state index is 0.0816. The van der Waals surface area contributed by atoms with Crippen molar-refractivity contribution in [2.24, 2.45) is 0 Å². The predicted octanol–water partition coefficient (Wildman–Crippen LogP) is 7.36. The van der Waals surface area contributed by atoms with Gasteiger partial charge in [-0.3, -0.25) is 9.59 Å². The predicted molar refractivity (Wildman–Crippen MR) is 156 cm³/mol. The summed E-state index contributed by atoms with van der Waals surface area (Å²) in [5.41, 5.74) is 2.40. The molecule has 0 saturated carbocycles. The van der Waals surface area contributed by atoms with Crippen LogP contribution in [0.15, 0.2) is 113 Å². The summed E-state index contributed by atoms with van der Waals surface area (Å²) in [6.45, 7) is -0.0816. The normalized spacial score (nSPS) is 11.5. The molecule has 190 valence electrons. The number of para-hydroxylation sites is 1. The van der Waals surface area contributed by atoms with Gasteiger partial charge in [-0.05, 0) is 53.4 Å². The first-order valence-electron chi connectivity index (χ1n) is 11.7. The van der Waals surface area contributed by atoms with Crippen LogP contribution < -0.4 is 15.4 Å². The first-order chi connectivity index (χ1) is 18.6. The second-order valence-electron chi connectivity index (χ2n) is 8.09. The Morgan fingerprint density at radius 3 is 2.29 bits per heavy atom. The van der Waals surface area contributed by atoms with Gasteiger partial charge >= 0.3 is 0 Å². The van der Waals surface area contributed by atoms with E-state index in [0.29, 0.717) is 16.6 Å². The van der Waals surface area contributed by atoms with Crippen LogP contribution in [0.5, 0.6) is 5.75 Å². The second-order valence-corrected chi connectivity index (χ2v) is 11.1. The Labute approximate surface area is 232 Å². The minimum Gasteiger partial charge on any atom is -0.484 e. The maximum atomic E-state index is 13.4. The number of rotatable bonds is 10.